The van der Waals surface area contributed by atoms with Crippen molar-refractivity contribution in [3.05, 3.63) is 59.1 Å². The smallest absolute Gasteiger partial charge is 0.261 e. The first-order chi connectivity index (χ1) is 12.3. The van der Waals surface area contributed by atoms with E-state index in [9.17, 15) is 4.79 Å². The van der Waals surface area contributed by atoms with Gasteiger partial charge in [-0.05, 0) is 23.6 Å². The molecule has 1 saturated heterocycles. The number of ether oxygens (including phenoxy) is 1. The fourth-order valence-corrected chi connectivity index (χ4v) is 3.96. The zero-order valence-electron chi connectivity index (χ0n) is 13.8. The number of nitrogens with one attached hydrogen (secondary N) is 1. The fraction of sp³-hybridized carbons (Fsp3) is 0.263. The average molecular weight is 353 g/mol. The summed E-state index contributed by atoms with van der Waals surface area (Å²) in [6.45, 7) is 3.55. The summed E-state index contributed by atoms with van der Waals surface area (Å²) in [5.41, 5.74) is 1.03. The SMILES string of the molecule is O=C(NCc1cccnc1N1CCOCC1)c1cc2ccccc2s1. The molecular formula is C19H19N3O2S. The minimum absolute atomic E-state index is 0.0435. The maximum atomic E-state index is 12.5. The lowest BCUT2D eigenvalue weighted by atomic mass is 10.2. The van der Waals surface area contributed by atoms with E-state index in [1.54, 1.807) is 6.20 Å². The van der Waals surface area contributed by atoms with Crippen molar-refractivity contribution in [2.75, 3.05) is 31.2 Å². The van der Waals surface area contributed by atoms with Crippen LogP contribution in [0.15, 0.2) is 48.7 Å². The Morgan fingerprint density at radius 1 is 1.20 bits per heavy atom. The molecule has 3 heterocycles. The zero-order chi connectivity index (χ0) is 17.1. The van der Waals surface area contributed by atoms with Crippen molar-refractivity contribution in [2.24, 2.45) is 0 Å². The molecule has 4 rings (SSSR count). The monoisotopic (exact) mass is 353 g/mol. The molecule has 0 bridgehead atoms. The molecule has 1 amide bonds. The third-order valence-electron chi connectivity index (χ3n) is 4.27. The highest BCUT2D eigenvalue weighted by molar-refractivity contribution is 7.20. The average Bonchev–Trinajstić information content (AvgIpc) is 3.11. The first-order valence-corrected chi connectivity index (χ1v) is 9.16. The Kier molecular flexibility index (Phi) is 4.63. The molecule has 2 aromatic heterocycles. The molecule has 3 aromatic rings. The van der Waals surface area contributed by atoms with Gasteiger partial charge in [-0.1, -0.05) is 24.3 Å². The van der Waals surface area contributed by atoms with Crippen LogP contribution in [0, 0.1) is 0 Å². The highest BCUT2D eigenvalue weighted by atomic mass is 32.1. The van der Waals surface area contributed by atoms with Crippen LogP contribution in [-0.2, 0) is 11.3 Å². The molecule has 6 heteroatoms. The van der Waals surface area contributed by atoms with Crippen LogP contribution in [-0.4, -0.2) is 37.2 Å². The van der Waals surface area contributed by atoms with Gasteiger partial charge in [0.1, 0.15) is 5.82 Å². The first-order valence-electron chi connectivity index (χ1n) is 8.34. The van der Waals surface area contributed by atoms with E-state index < -0.39 is 0 Å². The lowest BCUT2D eigenvalue weighted by molar-refractivity contribution is 0.0954. The molecule has 1 aromatic carbocycles. The molecule has 0 spiro atoms. The highest BCUT2D eigenvalue weighted by Gasteiger charge is 2.17. The Labute approximate surface area is 150 Å². The van der Waals surface area contributed by atoms with E-state index in [0.717, 1.165) is 39.4 Å². The maximum absolute atomic E-state index is 12.5. The third-order valence-corrected chi connectivity index (χ3v) is 5.38. The molecule has 1 aliphatic rings. The van der Waals surface area contributed by atoms with Gasteiger partial charge in [-0.3, -0.25) is 4.79 Å². The van der Waals surface area contributed by atoms with Crippen LogP contribution in [0.25, 0.3) is 10.1 Å². The van der Waals surface area contributed by atoms with Crippen molar-refractivity contribution in [3.8, 4) is 0 Å². The van der Waals surface area contributed by atoms with Gasteiger partial charge in [-0.2, -0.15) is 0 Å². The summed E-state index contributed by atoms with van der Waals surface area (Å²) in [5, 5.41) is 4.13. The zero-order valence-corrected chi connectivity index (χ0v) is 14.6. The van der Waals surface area contributed by atoms with Crippen LogP contribution < -0.4 is 10.2 Å². The maximum Gasteiger partial charge on any atom is 0.261 e. The summed E-state index contributed by atoms with van der Waals surface area (Å²) in [4.78, 5) is 20.0. The van der Waals surface area contributed by atoms with E-state index >= 15 is 0 Å². The van der Waals surface area contributed by atoms with Crippen molar-refractivity contribution in [3.63, 3.8) is 0 Å². The van der Waals surface area contributed by atoms with Crippen molar-refractivity contribution in [2.45, 2.75) is 6.54 Å². The van der Waals surface area contributed by atoms with E-state index in [1.807, 2.05) is 42.5 Å². The second-order valence-corrected chi connectivity index (χ2v) is 7.00. The Morgan fingerprint density at radius 3 is 2.88 bits per heavy atom. The summed E-state index contributed by atoms with van der Waals surface area (Å²) >= 11 is 1.52. The quantitative estimate of drug-likeness (QED) is 0.783. The molecule has 128 valence electrons. The molecule has 0 unspecified atom stereocenters. The second kappa shape index (κ2) is 7.21. The molecule has 1 aliphatic heterocycles. The Hall–Kier alpha value is -2.44. The van der Waals surface area contributed by atoms with Gasteiger partial charge in [-0.15, -0.1) is 11.3 Å². The van der Waals surface area contributed by atoms with E-state index in [-0.39, 0.29) is 5.91 Å². The van der Waals surface area contributed by atoms with Gasteiger partial charge in [0.05, 0.1) is 18.1 Å². The molecule has 1 N–H and O–H groups in total. The van der Waals surface area contributed by atoms with Gasteiger partial charge in [0.25, 0.3) is 5.91 Å². The number of rotatable bonds is 4. The fourth-order valence-electron chi connectivity index (χ4n) is 2.98. The molecule has 0 saturated carbocycles. The Bertz CT molecular complexity index is 854. The van der Waals surface area contributed by atoms with Gasteiger partial charge in [-0.25, -0.2) is 4.98 Å². The van der Waals surface area contributed by atoms with Crippen LogP contribution in [0.2, 0.25) is 0 Å². The summed E-state index contributed by atoms with van der Waals surface area (Å²) in [5.74, 6) is 0.889. The molecule has 0 atom stereocenters. The number of pyridine rings is 1. The number of carbonyl (C=O) groups excluding carboxylic acids is 1. The summed E-state index contributed by atoms with van der Waals surface area (Å²) in [7, 11) is 0. The minimum Gasteiger partial charge on any atom is -0.378 e. The number of aromatic nitrogens is 1. The number of fused-ring (bicyclic) bond motifs is 1. The minimum atomic E-state index is -0.0435. The number of carbonyl (C=O) groups is 1. The van der Waals surface area contributed by atoms with Gasteiger partial charge in [0, 0.05) is 36.1 Å². The molecule has 1 fully saturated rings. The van der Waals surface area contributed by atoms with E-state index in [2.05, 4.69) is 15.2 Å². The number of anilines is 1. The van der Waals surface area contributed by atoms with Crippen molar-refractivity contribution in [1.29, 1.82) is 0 Å². The molecular weight excluding hydrogens is 334 g/mol. The van der Waals surface area contributed by atoms with Crippen molar-refractivity contribution < 1.29 is 9.53 Å². The number of nitrogens with zero attached hydrogens (tertiary/aromatic N) is 2. The largest absolute Gasteiger partial charge is 0.378 e. The lowest BCUT2D eigenvalue weighted by Gasteiger charge is -2.29. The number of amides is 1. The molecule has 0 radical (unpaired) electrons. The molecule has 25 heavy (non-hydrogen) atoms. The van der Waals surface area contributed by atoms with Crippen molar-refractivity contribution in [1.82, 2.24) is 10.3 Å². The number of thiophene rings is 1. The lowest BCUT2D eigenvalue weighted by Crippen LogP contribution is -2.37. The number of hydrogen-bond acceptors (Lipinski definition) is 5. The molecule has 5 nitrogen and oxygen atoms in total. The standard InChI is InChI=1S/C19H19N3O2S/c23-19(17-12-14-4-1-2-6-16(14)25-17)21-13-15-5-3-7-20-18(15)22-8-10-24-11-9-22/h1-7,12H,8-11,13H2,(H,21,23). The van der Waals surface area contributed by atoms with E-state index in [1.165, 1.54) is 11.3 Å². The summed E-state index contributed by atoms with van der Waals surface area (Å²) in [6.07, 6.45) is 1.79. The van der Waals surface area contributed by atoms with Gasteiger partial charge in [0.2, 0.25) is 0 Å². The third kappa shape index (κ3) is 3.50. The number of hydrogen-bond donors (Lipinski definition) is 1. The number of benzene rings is 1. The molecule has 0 aliphatic carbocycles. The number of morpholine rings is 1. The van der Waals surface area contributed by atoms with Crippen LogP contribution in [0.3, 0.4) is 0 Å². The van der Waals surface area contributed by atoms with Crippen LogP contribution in [0.4, 0.5) is 5.82 Å². The van der Waals surface area contributed by atoms with Gasteiger partial charge < -0.3 is 15.0 Å². The van der Waals surface area contributed by atoms with Crippen LogP contribution in [0.5, 0.6) is 0 Å². The Balaban J connectivity index is 1.48. The van der Waals surface area contributed by atoms with Crippen LogP contribution in [0.1, 0.15) is 15.2 Å². The van der Waals surface area contributed by atoms with E-state index in [4.69, 9.17) is 4.74 Å². The topological polar surface area (TPSA) is 54.5 Å². The van der Waals surface area contributed by atoms with Gasteiger partial charge >= 0.3 is 0 Å². The highest BCUT2D eigenvalue weighted by Crippen LogP contribution is 2.25. The first kappa shape index (κ1) is 16.1. The van der Waals surface area contributed by atoms with Gasteiger partial charge in [0.15, 0.2) is 0 Å². The second-order valence-electron chi connectivity index (χ2n) is 5.92. The predicted molar refractivity (Wildman–Crippen MR) is 100 cm³/mol. The Morgan fingerprint density at radius 2 is 2.04 bits per heavy atom. The van der Waals surface area contributed by atoms with E-state index in [0.29, 0.717) is 19.8 Å². The predicted octanol–water partition coefficient (Wildman–Crippen LogP) is 3.06. The summed E-state index contributed by atoms with van der Waals surface area (Å²) < 4.78 is 6.54. The van der Waals surface area contributed by atoms with Crippen LogP contribution >= 0.6 is 11.3 Å². The summed E-state index contributed by atoms with van der Waals surface area (Å²) in [6, 6.07) is 13.9. The normalized spacial score (nSPS) is 14.6. The van der Waals surface area contributed by atoms with Crippen molar-refractivity contribution >= 4 is 33.1 Å².